The first-order valence-electron chi connectivity index (χ1n) is 12.0. The first-order chi connectivity index (χ1) is 13.7. The van der Waals surface area contributed by atoms with Crippen molar-refractivity contribution in [2.45, 2.75) is 109 Å². The Kier molecular flexibility index (Phi) is 8.43. The molecule has 0 unspecified atom stereocenters. The Labute approximate surface area is 172 Å². The fourth-order valence-corrected chi connectivity index (χ4v) is 5.10. The highest BCUT2D eigenvalue weighted by atomic mass is 16.5. The van der Waals surface area contributed by atoms with Gasteiger partial charge in [-0.2, -0.15) is 0 Å². The van der Waals surface area contributed by atoms with Crippen molar-refractivity contribution >= 4 is 5.97 Å². The molecule has 0 aromatic heterocycles. The number of hydrogen-bond donors (Lipinski definition) is 0. The highest BCUT2D eigenvalue weighted by Gasteiger charge is 2.24. The minimum atomic E-state index is -0.137. The summed E-state index contributed by atoms with van der Waals surface area (Å²) in [5.41, 5.74) is 2.12. The first kappa shape index (κ1) is 21.4. The molecule has 2 aliphatic carbocycles. The first-order valence-corrected chi connectivity index (χ1v) is 12.0. The van der Waals surface area contributed by atoms with Gasteiger partial charge >= 0.3 is 5.97 Å². The van der Waals surface area contributed by atoms with E-state index in [1.54, 1.807) is 0 Å². The summed E-state index contributed by atoms with van der Waals surface area (Å²) in [7, 11) is 0. The van der Waals surface area contributed by atoms with Gasteiger partial charge < -0.3 is 4.74 Å². The minimum absolute atomic E-state index is 0.121. The zero-order valence-corrected chi connectivity index (χ0v) is 18.1. The number of ether oxygens (including phenoxy) is 1. The highest BCUT2D eigenvalue weighted by Crippen LogP contribution is 2.38. The molecule has 0 N–H and O–H groups in total. The average Bonchev–Trinajstić information content (AvgIpc) is 2.73. The summed E-state index contributed by atoms with van der Waals surface area (Å²) in [5.74, 6) is 2.26. The van der Waals surface area contributed by atoms with Gasteiger partial charge in [0.2, 0.25) is 0 Å². The van der Waals surface area contributed by atoms with Gasteiger partial charge in [-0.3, -0.25) is 0 Å². The molecule has 0 aliphatic heterocycles. The maximum absolute atomic E-state index is 12.4. The molecule has 0 amide bonds. The standard InChI is InChI=1S/C26H40O2/c1-3-4-5-6-7-21-10-12-22(13-11-21)23-14-16-24(17-15-23)26(27)28-25-18-8-20(2)9-19-25/h14-17,20-22,25H,3-13,18-19H2,1-2H3. The Hall–Kier alpha value is -1.31. The second-order valence-corrected chi connectivity index (χ2v) is 9.48. The van der Waals surface area contributed by atoms with E-state index in [0.717, 1.165) is 24.7 Å². The fraction of sp³-hybridized carbons (Fsp3) is 0.731. The van der Waals surface area contributed by atoms with Crippen LogP contribution in [0, 0.1) is 11.8 Å². The molecule has 2 heteroatoms. The van der Waals surface area contributed by atoms with Crippen LogP contribution in [0.2, 0.25) is 0 Å². The summed E-state index contributed by atoms with van der Waals surface area (Å²) in [6, 6.07) is 8.32. The molecule has 0 radical (unpaired) electrons. The van der Waals surface area contributed by atoms with Crippen LogP contribution in [0.5, 0.6) is 0 Å². The van der Waals surface area contributed by atoms with Crippen LogP contribution in [0.1, 0.15) is 119 Å². The lowest BCUT2D eigenvalue weighted by Gasteiger charge is -2.29. The second-order valence-electron chi connectivity index (χ2n) is 9.48. The van der Waals surface area contributed by atoms with E-state index in [1.807, 2.05) is 12.1 Å². The van der Waals surface area contributed by atoms with Gasteiger partial charge in [0.05, 0.1) is 5.56 Å². The van der Waals surface area contributed by atoms with Gasteiger partial charge in [0.1, 0.15) is 6.10 Å². The minimum Gasteiger partial charge on any atom is -0.459 e. The largest absolute Gasteiger partial charge is 0.459 e. The lowest BCUT2D eigenvalue weighted by molar-refractivity contribution is 0.0174. The van der Waals surface area contributed by atoms with E-state index in [0.29, 0.717) is 11.5 Å². The van der Waals surface area contributed by atoms with Gasteiger partial charge in [0, 0.05) is 0 Å². The highest BCUT2D eigenvalue weighted by molar-refractivity contribution is 5.89. The molecule has 28 heavy (non-hydrogen) atoms. The molecule has 2 saturated carbocycles. The van der Waals surface area contributed by atoms with Crippen molar-refractivity contribution in [3.63, 3.8) is 0 Å². The molecule has 2 aliphatic rings. The van der Waals surface area contributed by atoms with Crippen molar-refractivity contribution < 1.29 is 9.53 Å². The Morgan fingerprint density at radius 3 is 2.21 bits per heavy atom. The molecular weight excluding hydrogens is 344 g/mol. The summed E-state index contributed by atoms with van der Waals surface area (Å²) in [6.07, 6.45) is 16.9. The summed E-state index contributed by atoms with van der Waals surface area (Å²) in [6.45, 7) is 4.57. The van der Waals surface area contributed by atoms with Gasteiger partial charge in [0.25, 0.3) is 0 Å². The van der Waals surface area contributed by atoms with E-state index in [2.05, 4.69) is 26.0 Å². The molecule has 0 bridgehead atoms. The Balaban J connectivity index is 1.42. The third kappa shape index (κ3) is 6.36. The van der Waals surface area contributed by atoms with Crippen molar-refractivity contribution in [3.05, 3.63) is 35.4 Å². The quantitative estimate of drug-likeness (QED) is 0.339. The van der Waals surface area contributed by atoms with Crippen molar-refractivity contribution in [2.24, 2.45) is 11.8 Å². The second kappa shape index (κ2) is 11.0. The number of hydrogen-bond acceptors (Lipinski definition) is 2. The van der Waals surface area contributed by atoms with Crippen LogP contribution < -0.4 is 0 Å². The zero-order valence-electron chi connectivity index (χ0n) is 18.1. The number of carbonyl (C=O) groups is 1. The Morgan fingerprint density at radius 2 is 1.57 bits per heavy atom. The molecule has 1 aromatic rings. The molecule has 0 saturated heterocycles. The molecule has 2 nitrogen and oxygen atoms in total. The van der Waals surface area contributed by atoms with Gasteiger partial charge in [-0.15, -0.1) is 0 Å². The summed E-state index contributed by atoms with van der Waals surface area (Å²) in [5, 5.41) is 0. The van der Waals surface area contributed by atoms with E-state index in [4.69, 9.17) is 4.74 Å². The maximum atomic E-state index is 12.4. The molecule has 2 fully saturated rings. The Bertz CT molecular complexity index is 575. The third-order valence-electron chi connectivity index (χ3n) is 7.17. The van der Waals surface area contributed by atoms with E-state index in [9.17, 15) is 4.79 Å². The number of unbranched alkanes of at least 4 members (excludes halogenated alkanes) is 3. The Morgan fingerprint density at radius 1 is 0.893 bits per heavy atom. The van der Waals surface area contributed by atoms with E-state index in [-0.39, 0.29) is 12.1 Å². The predicted octanol–water partition coefficient (Wildman–Crippen LogP) is 7.67. The summed E-state index contributed by atoms with van der Waals surface area (Å²) < 4.78 is 5.74. The van der Waals surface area contributed by atoms with Gasteiger partial charge in [0.15, 0.2) is 0 Å². The average molecular weight is 385 g/mol. The van der Waals surface area contributed by atoms with Gasteiger partial charge in [-0.05, 0) is 86.8 Å². The normalized spacial score (nSPS) is 28.1. The number of benzene rings is 1. The smallest absolute Gasteiger partial charge is 0.338 e. The van der Waals surface area contributed by atoms with Crippen LogP contribution in [0.3, 0.4) is 0 Å². The monoisotopic (exact) mass is 384 g/mol. The summed E-state index contributed by atoms with van der Waals surface area (Å²) in [4.78, 5) is 12.4. The van der Waals surface area contributed by atoms with Crippen LogP contribution in [0.15, 0.2) is 24.3 Å². The van der Waals surface area contributed by atoms with E-state index in [1.165, 1.54) is 76.2 Å². The maximum Gasteiger partial charge on any atom is 0.338 e. The molecule has 1 aromatic carbocycles. The lowest BCUT2D eigenvalue weighted by atomic mass is 9.77. The van der Waals surface area contributed by atoms with Crippen LogP contribution >= 0.6 is 0 Å². The molecule has 3 rings (SSSR count). The van der Waals surface area contributed by atoms with Crippen LogP contribution in [0.4, 0.5) is 0 Å². The fourth-order valence-electron chi connectivity index (χ4n) is 5.10. The topological polar surface area (TPSA) is 26.3 Å². The zero-order chi connectivity index (χ0) is 19.8. The summed E-state index contributed by atoms with van der Waals surface area (Å²) >= 11 is 0. The van der Waals surface area contributed by atoms with Crippen molar-refractivity contribution in [3.8, 4) is 0 Å². The molecule has 0 spiro atoms. The number of rotatable bonds is 8. The molecule has 0 heterocycles. The molecular formula is C26H40O2. The van der Waals surface area contributed by atoms with Crippen LogP contribution in [0.25, 0.3) is 0 Å². The van der Waals surface area contributed by atoms with Crippen LogP contribution in [-0.4, -0.2) is 12.1 Å². The molecule has 0 atom stereocenters. The third-order valence-corrected chi connectivity index (χ3v) is 7.17. The van der Waals surface area contributed by atoms with Crippen molar-refractivity contribution in [1.29, 1.82) is 0 Å². The van der Waals surface area contributed by atoms with E-state index >= 15 is 0 Å². The number of carbonyl (C=O) groups excluding carboxylic acids is 1. The van der Waals surface area contributed by atoms with Gasteiger partial charge in [-0.1, -0.05) is 58.1 Å². The predicted molar refractivity (Wildman–Crippen MR) is 117 cm³/mol. The van der Waals surface area contributed by atoms with Crippen molar-refractivity contribution in [2.75, 3.05) is 0 Å². The van der Waals surface area contributed by atoms with E-state index < -0.39 is 0 Å². The number of esters is 1. The van der Waals surface area contributed by atoms with Crippen molar-refractivity contribution in [1.82, 2.24) is 0 Å². The molecule has 156 valence electrons. The van der Waals surface area contributed by atoms with Gasteiger partial charge in [-0.25, -0.2) is 4.79 Å². The SMILES string of the molecule is CCCCCCC1CCC(c2ccc(C(=O)OC3CCC(C)CC3)cc2)CC1. The van der Waals surface area contributed by atoms with Crippen LogP contribution in [-0.2, 0) is 4.74 Å². The lowest BCUT2D eigenvalue weighted by Crippen LogP contribution is -2.23.